The Balaban J connectivity index is 2.22. The Labute approximate surface area is 67.3 Å². The van der Waals surface area contributed by atoms with Gasteiger partial charge in [0.15, 0.2) is 0 Å². The first kappa shape index (κ1) is 8.97. The molecule has 1 rings (SSSR count). The maximum absolute atomic E-state index is 8.97. The summed E-state index contributed by atoms with van der Waals surface area (Å²) in [5, 5.41) is 8.97. The summed E-state index contributed by atoms with van der Waals surface area (Å²) in [5.74, 6) is 0. The van der Waals surface area contributed by atoms with E-state index in [1.165, 1.54) is 0 Å². The van der Waals surface area contributed by atoms with E-state index in [9.17, 15) is 0 Å². The zero-order chi connectivity index (χ0) is 8.32. The zero-order valence-electron chi connectivity index (χ0n) is 7.17. The minimum absolute atomic E-state index is 0.0863. The zero-order valence-corrected chi connectivity index (χ0v) is 7.17. The van der Waals surface area contributed by atoms with Crippen LogP contribution in [0.3, 0.4) is 0 Å². The van der Waals surface area contributed by atoms with Crippen LogP contribution in [-0.2, 0) is 9.47 Å². The van der Waals surface area contributed by atoms with Gasteiger partial charge in [0.05, 0.1) is 25.9 Å². The summed E-state index contributed by atoms with van der Waals surface area (Å²) in [5.41, 5.74) is -0.0863. The van der Waals surface area contributed by atoms with Crippen LogP contribution in [0.2, 0.25) is 0 Å². The summed E-state index contributed by atoms with van der Waals surface area (Å²) in [6, 6.07) is 0. The molecule has 1 fully saturated rings. The Morgan fingerprint density at radius 2 is 2.27 bits per heavy atom. The van der Waals surface area contributed by atoms with Crippen LogP contribution >= 0.6 is 0 Å². The van der Waals surface area contributed by atoms with Crippen molar-refractivity contribution in [2.75, 3.05) is 19.8 Å². The molecule has 1 unspecified atom stereocenters. The first-order valence-corrected chi connectivity index (χ1v) is 4.08. The monoisotopic (exact) mass is 160 g/mol. The van der Waals surface area contributed by atoms with Crippen molar-refractivity contribution in [3.05, 3.63) is 0 Å². The molecule has 0 aromatic carbocycles. The van der Waals surface area contributed by atoms with Crippen molar-refractivity contribution in [2.24, 2.45) is 0 Å². The molecule has 1 heterocycles. The van der Waals surface area contributed by atoms with Gasteiger partial charge in [0.2, 0.25) is 0 Å². The van der Waals surface area contributed by atoms with Crippen LogP contribution in [-0.4, -0.2) is 36.6 Å². The fourth-order valence-electron chi connectivity index (χ4n) is 1.02. The van der Waals surface area contributed by atoms with Gasteiger partial charge in [0.1, 0.15) is 5.60 Å². The third-order valence-electron chi connectivity index (χ3n) is 2.01. The molecule has 3 heteroatoms. The number of rotatable bonds is 4. The molecule has 1 aliphatic heterocycles. The molecule has 66 valence electrons. The normalized spacial score (nSPS) is 24.3. The number of aliphatic hydroxyl groups excluding tert-OH is 1. The highest BCUT2D eigenvalue weighted by Crippen LogP contribution is 2.25. The van der Waals surface area contributed by atoms with Crippen LogP contribution in [0.1, 0.15) is 20.3 Å². The van der Waals surface area contributed by atoms with E-state index in [1.807, 2.05) is 0 Å². The smallest absolute Gasteiger partial charge is 0.114 e. The number of hydrogen-bond donors (Lipinski definition) is 1. The van der Waals surface area contributed by atoms with Crippen molar-refractivity contribution in [3.63, 3.8) is 0 Å². The molecule has 0 radical (unpaired) electrons. The Morgan fingerprint density at radius 3 is 2.55 bits per heavy atom. The second-order valence-electron chi connectivity index (χ2n) is 3.19. The predicted octanol–water partition coefficient (Wildman–Crippen LogP) is 0.563. The lowest BCUT2D eigenvalue weighted by Crippen LogP contribution is -2.52. The Morgan fingerprint density at radius 1 is 1.64 bits per heavy atom. The summed E-state index contributed by atoms with van der Waals surface area (Å²) in [6.07, 6.45) is 0.582. The molecule has 0 spiro atoms. The molecule has 1 N–H and O–H groups in total. The topological polar surface area (TPSA) is 38.7 Å². The van der Waals surface area contributed by atoms with E-state index in [-0.39, 0.29) is 11.7 Å². The van der Waals surface area contributed by atoms with Crippen molar-refractivity contribution >= 4 is 0 Å². The number of ether oxygens (including phenoxy) is 2. The molecule has 0 bridgehead atoms. The minimum atomic E-state index is -0.376. The van der Waals surface area contributed by atoms with Crippen LogP contribution < -0.4 is 0 Å². The van der Waals surface area contributed by atoms with Crippen LogP contribution in [0.5, 0.6) is 0 Å². The molecule has 11 heavy (non-hydrogen) atoms. The standard InChI is InChI=1S/C8H16O3/c1-3-8(5-10-6-8)11-4-7(2)9/h7,9H,3-6H2,1-2H3. The molecule has 0 aromatic heterocycles. The molecule has 0 aromatic rings. The average molecular weight is 160 g/mol. The summed E-state index contributed by atoms with van der Waals surface area (Å²) < 4.78 is 10.6. The molecular formula is C8H16O3. The largest absolute Gasteiger partial charge is 0.391 e. The molecule has 0 amide bonds. The lowest BCUT2D eigenvalue weighted by molar-refractivity contribution is -0.218. The fraction of sp³-hybridized carbons (Fsp3) is 1.00. The number of hydrogen-bond acceptors (Lipinski definition) is 3. The van der Waals surface area contributed by atoms with Crippen molar-refractivity contribution < 1.29 is 14.6 Å². The third kappa shape index (κ3) is 2.15. The second kappa shape index (κ2) is 3.52. The van der Waals surface area contributed by atoms with E-state index in [2.05, 4.69) is 6.92 Å². The minimum Gasteiger partial charge on any atom is -0.391 e. The molecule has 0 saturated carbocycles. The summed E-state index contributed by atoms with van der Waals surface area (Å²) in [4.78, 5) is 0. The van der Waals surface area contributed by atoms with Crippen molar-refractivity contribution in [3.8, 4) is 0 Å². The van der Waals surface area contributed by atoms with E-state index in [4.69, 9.17) is 14.6 Å². The molecule has 1 aliphatic rings. The van der Waals surface area contributed by atoms with Crippen molar-refractivity contribution in [1.82, 2.24) is 0 Å². The van der Waals surface area contributed by atoms with Gasteiger partial charge >= 0.3 is 0 Å². The van der Waals surface area contributed by atoms with E-state index >= 15 is 0 Å². The lowest BCUT2D eigenvalue weighted by Gasteiger charge is -2.40. The van der Waals surface area contributed by atoms with Crippen LogP contribution in [0.4, 0.5) is 0 Å². The molecule has 1 atom stereocenters. The summed E-state index contributed by atoms with van der Waals surface area (Å²) in [6.45, 7) is 5.57. The highest BCUT2D eigenvalue weighted by molar-refractivity contribution is 4.86. The van der Waals surface area contributed by atoms with Gasteiger partial charge in [-0.25, -0.2) is 0 Å². The van der Waals surface area contributed by atoms with Crippen LogP contribution in [0.25, 0.3) is 0 Å². The SMILES string of the molecule is CCC1(OCC(C)O)COC1. The lowest BCUT2D eigenvalue weighted by atomic mass is 9.99. The fourth-order valence-corrected chi connectivity index (χ4v) is 1.02. The first-order valence-electron chi connectivity index (χ1n) is 4.08. The van der Waals surface area contributed by atoms with Crippen molar-refractivity contribution in [1.29, 1.82) is 0 Å². The predicted molar refractivity (Wildman–Crippen MR) is 41.5 cm³/mol. The van der Waals surface area contributed by atoms with E-state index in [0.29, 0.717) is 19.8 Å². The first-order chi connectivity index (χ1) is 5.18. The maximum atomic E-state index is 8.97. The maximum Gasteiger partial charge on any atom is 0.114 e. The molecule has 1 saturated heterocycles. The number of aliphatic hydroxyl groups is 1. The van der Waals surface area contributed by atoms with E-state index in [1.54, 1.807) is 6.92 Å². The summed E-state index contributed by atoms with van der Waals surface area (Å²) >= 11 is 0. The third-order valence-corrected chi connectivity index (χ3v) is 2.01. The highest BCUT2D eigenvalue weighted by atomic mass is 16.6. The Hall–Kier alpha value is -0.120. The van der Waals surface area contributed by atoms with E-state index in [0.717, 1.165) is 6.42 Å². The van der Waals surface area contributed by atoms with Gasteiger partial charge in [-0.1, -0.05) is 6.92 Å². The van der Waals surface area contributed by atoms with Gasteiger partial charge in [0.25, 0.3) is 0 Å². The van der Waals surface area contributed by atoms with Gasteiger partial charge < -0.3 is 14.6 Å². The molecule has 0 aliphatic carbocycles. The molecule has 3 nitrogen and oxygen atoms in total. The average Bonchev–Trinajstić information content (AvgIpc) is 1.86. The van der Waals surface area contributed by atoms with Gasteiger partial charge in [-0.3, -0.25) is 0 Å². The highest BCUT2D eigenvalue weighted by Gasteiger charge is 2.37. The molecular weight excluding hydrogens is 144 g/mol. The van der Waals surface area contributed by atoms with E-state index < -0.39 is 0 Å². The quantitative estimate of drug-likeness (QED) is 0.653. The van der Waals surface area contributed by atoms with Gasteiger partial charge in [-0.05, 0) is 13.3 Å². The van der Waals surface area contributed by atoms with Gasteiger partial charge in [0, 0.05) is 0 Å². The van der Waals surface area contributed by atoms with Crippen LogP contribution in [0, 0.1) is 0 Å². The summed E-state index contributed by atoms with van der Waals surface area (Å²) in [7, 11) is 0. The van der Waals surface area contributed by atoms with Crippen molar-refractivity contribution in [2.45, 2.75) is 32.0 Å². The van der Waals surface area contributed by atoms with Gasteiger partial charge in [-0.15, -0.1) is 0 Å². The Kier molecular flexibility index (Phi) is 2.87. The second-order valence-corrected chi connectivity index (χ2v) is 3.19. The van der Waals surface area contributed by atoms with Gasteiger partial charge in [-0.2, -0.15) is 0 Å². The Bertz CT molecular complexity index is 113. The van der Waals surface area contributed by atoms with Crippen LogP contribution in [0.15, 0.2) is 0 Å².